The van der Waals surface area contributed by atoms with Crippen molar-refractivity contribution in [1.29, 1.82) is 0 Å². The first-order valence-electron chi connectivity index (χ1n) is 8.15. The topological polar surface area (TPSA) is 63.4 Å². The second-order valence-electron chi connectivity index (χ2n) is 6.19. The molecular formula is C17H24N4O2. The minimum absolute atomic E-state index is 0.315. The van der Waals surface area contributed by atoms with Crippen molar-refractivity contribution >= 4 is 0 Å². The number of β-amino-alcohol motifs (C(OH)–C–C–N with tert-alkyl or cyclic N) is 1. The Hall–Kier alpha value is -1.92. The van der Waals surface area contributed by atoms with Crippen LogP contribution >= 0.6 is 0 Å². The molecule has 0 unspecified atom stereocenters. The maximum absolute atomic E-state index is 10.3. The summed E-state index contributed by atoms with van der Waals surface area (Å²) in [6, 6.07) is 8.30. The molecule has 1 saturated heterocycles. The van der Waals surface area contributed by atoms with E-state index in [1.165, 1.54) is 5.56 Å². The molecule has 1 aromatic heterocycles. The van der Waals surface area contributed by atoms with Crippen LogP contribution in [0.2, 0.25) is 0 Å². The van der Waals surface area contributed by atoms with Crippen molar-refractivity contribution in [3.63, 3.8) is 0 Å². The minimum atomic E-state index is -0.493. The lowest BCUT2D eigenvalue weighted by molar-refractivity contribution is 0.0609. The zero-order valence-corrected chi connectivity index (χ0v) is 13.5. The molecule has 2 heterocycles. The van der Waals surface area contributed by atoms with Crippen LogP contribution in [0.3, 0.4) is 0 Å². The van der Waals surface area contributed by atoms with Crippen molar-refractivity contribution in [2.75, 3.05) is 19.7 Å². The van der Waals surface area contributed by atoms with E-state index < -0.39 is 6.10 Å². The molecule has 3 rings (SSSR count). The van der Waals surface area contributed by atoms with E-state index >= 15 is 0 Å². The van der Waals surface area contributed by atoms with Gasteiger partial charge in [0.25, 0.3) is 0 Å². The fourth-order valence-corrected chi connectivity index (χ4v) is 3.04. The highest BCUT2D eigenvalue weighted by molar-refractivity contribution is 5.26. The molecule has 1 N–H and O–H groups in total. The maximum atomic E-state index is 10.3. The second-order valence-corrected chi connectivity index (χ2v) is 6.19. The molecule has 6 nitrogen and oxygen atoms in total. The number of nitrogens with zero attached hydrogens (tertiary/aromatic N) is 4. The molecule has 1 aliphatic rings. The number of benzene rings is 1. The van der Waals surface area contributed by atoms with Gasteiger partial charge in [0.2, 0.25) is 0 Å². The van der Waals surface area contributed by atoms with Gasteiger partial charge in [0, 0.05) is 12.6 Å². The van der Waals surface area contributed by atoms with E-state index in [-0.39, 0.29) is 0 Å². The molecule has 124 valence electrons. The predicted molar refractivity (Wildman–Crippen MR) is 87.3 cm³/mol. The molecule has 0 spiro atoms. The molecule has 1 aliphatic heterocycles. The molecule has 6 heteroatoms. The van der Waals surface area contributed by atoms with Gasteiger partial charge in [-0.1, -0.05) is 17.7 Å². The summed E-state index contributed by atoms with van der Waals surface area (Å²) in [6.45, 7) is 4.83. The lowest BCUT2D eigenvalue weighted by Gasteiger charge is -2.26. The Balaban J connectivity index is 1.46. The molecule has 0 aliphatic carbocycles. The first kappa shape index (κ1) is 16.0. The number of hydrogen-bond acceptors (Lipinski definition) is 5. The van der Waals surface area contributed by atoms with Crippen LogP contribution in [0.5, 0.6) is 5.75 Å². The molecule has 1 fully saturated rings. The van der Waals surface area contributed by atoms with Crippen LogP contribution < -0.4 is 4.74 Å². The van der Waals surface area contributed by atoms with Gasteiger partial charge < -0.3 is 9.84 Å². The van der Waals surface area contributed by atoms with Crippen molar-refractivity contribution in [1.82, 2.24) is 19.7 Å². The SMILES string of the molecule is Cc1ccc(OC[C@@H](O)CN2CCC[C@@H]2Cn2cncn2)cc1. The minimum Gasteiger partial charge on any atom is -0.491 e. The highest BCUT2D eigenvalue weighted by Crippen LogP contribution is 2.19. The van der Waals surface area contributed by atoms with Crippen molar-refractivity contribution < 1.29 is 9.84 Å². The quantitative estimate of drug-likeness (QED) is 0.838. The van der Waals surface area contributed by atoms with Gasteiger partial charge in [0.1, 0.15) is 31.1 Å². The summed E-state index contributed by atoms with van der Waals surface area (Å²) in [5.74, 6) is 0.801. The first-order valence-corrected chi connectivity index (χ1v) is 8.15. The summed E-state index contributed by atoms with van der Waals surface area (Å²) in [6.07, 6.45) is 5.10. The van der Waals surface area contributed by atoms with E-state index in [2.05, 4.69) is 15.0 Å². The summed E-state index contributed by atoms with van der Waals surface area (Å²) in [4.78, 5) is 6.31. The van der Waals surface area contributed by atoms with Gasteiger partial charge in [-0.15, -0.1) is 0 Å². The molecule has 0 radical (unpaired) electrons. The number of hydrogen-bond donors (Lipinski definition) is 1. The third-order valence-corrected chi connectivity index (χ3v) is 4.27. The third-order valence-electron chi connectivity index (χ3n) is 4.27. The van der Waals surface area contributed by atoms with E-state index in [1.54, 1.807) is 12.7 Å². The molecule has 2 aromatic rings. The Morgan fingerprint density at radius 3 is 2.91 bits per heavy atom. The van der Waals surface area contributed by atoms with Crippen LogP contribution in [0.1, 0.15) is 18.4 Å². The van der Waals surface area contributed by atoms with E-state index in [4.69, 9.17) is 4.74 Å². The van der Waals surface area contributed by atoms with Gasteiger partial charge in [-0.2, -0.15) is 5.10 Å². The van der Waals surface area contributed by atoms with Gasteiger partial charge in [-0.25, -0.2) is 4.98 Å². The Bertz CT molecular complexity index is 585. The number of aliphatic hydroxyl groups is 1. The normalized spacial score (nSPS) is 19.8. The number of rotatable bonds is 7. The number of likely N-dealkylation sites (tertiary alicyclic amines) is 1. The van der Waals surface area contributed by atoms with E-state index in [9.17, 15) is 5.11 Å². The standard InChI is InChI=1S/C17H24N4O2/c1-14-4-6-17(7-5-14)23-11-16(22)10-20-8-2-3-15(20)9-21-13-18-12-19-21/h4-7,12-13,15-16,22H,2-3,8-11H2,1H3/t15-,16+/m1/s1. The number of aromatic nitrogens is 3. The van der Waals surface area contributed by atoms with Gasteiger partial charge >= 0.3 is 0 Å². The lowest BCUT2D eigenvalue weighted by atomic mass is 10.2. The fourth-order valence-electron chi connectivity index (χ4n) is 3.04. The molecule has 0 saturated carbocycles. The van der Waals surface area contributed by atoms with Crippen molar-refractivity contribution in [3.8, 4) is 5.75 Å². The van der Waals surface area contributed by atoms with Gasteiger partial charge in [0.05, 0.1) is 6.54 Å². The van der Waals surface area contributed by atoms with Crippen molar-refractivity contribution in [2.45, 2.75) is 38.5 Å². The average molecular weight is 316 g/mol. The van der Waals surface area contributed by atoms with Gasteiger partial charge in [-0.3, -0.25) is 9.58 Å². The third kappa shape index (κ3) is 4.53. The van der Waals surface area contributed by atoms with Gasteiger partial charge in [-0.05, 0) is 38.4 Å². The monoisotopic (exact) mass is 316 g/mol. The number of aryl methyl sites for hydroxylation is 1. The summed E-state index contributed by atoms with van der Waals surface area (Å²) >= 11 is 0. The molecule has 1 aromatic carbocycles. The van der Waals surface area contributed by atoms with Crippen LogP contribution in [-0.4, -0.2) is 56.6 Å². The molecule has 23 heavy (non-hydrogen) atoms. The average Bonchev–Trinajstić information content (AvgIpc) is 3.20. The fraction of sp³-hybridized carbons (Fsp3) is 0.529. The van der Waals surface area contributed by atoms with Crippen molar-refractivity contribution in [2.24, 2.45) is 0 Å². The Labute approximate surface area is 136 Å². The van der Waals surface area contributed by atoms with E-state index in [0.717, 1.165) is 31.7 Å². The predicted octanol–water partition coefficient (Wildman–Crippen LogP) is 1.49. The number of ether oxygens (including phenoxy) is 1. The maximum Gasteiger partial charge on any atom is 0.137 e. The van der Waals surface area contributed by atoms with E-state index in [1.807, 2.05) is 35.9 Å². The molecule has 0 amide bonds. The summed E-state index contributed by atoms with van der Waals surface area (Å²) in [5.41, 5.74) is 1.20. The van der Waals surface area contributed by atoms with Crippen LogP contribution in [0, 0.1) is 6.92 Å². The largest absolute Gasteiger partial charge is 0.491 e. The molecule has 2 atom stereocenters. The van der Waals surface area contributed by atoms with E-state index in [0.29, 0.717) is 19.2 Å². The Morgan fingerprint density at radius 1 is 1.35 bits per heavy atom. The van der Waals surface area contributed by atoms with Gasteiger partial charge in [0.15, 0.2) is 0 Å². The highest BCUT2D eigenvalue weighted by atomic mass is 16.5. The van der Waals surface area contributed by atoms with Crippen LogP contribution in [0.4, 0.5) is 0 Å². The Kier molecular flexibility index (Phi) is 5.25. The Morgan fingerprint density at radius 2 is 2.17 bits per heavy atom. The van der Waals surface area contributed by atoms with Crippen LogP contribution in [-0.2, 0) is 6.54 Å². The summed E-state index contributed by atoms with van der Waals surface area (Å²) in [7, 11) is 0. The summed E-state index contributed by atoms with van der Waals surface area (Å²) < 4.78 is 7.53. The smallest absolute Gasteiger partial charge is 0.137 e. The summed E-state index contributed by atoms with van der Waals surface area (Å²) in [5, 5.41) is 14.4. The number of aliphatic hydroxyl groups excluding tert-OH is 1. The molecular weight excluding hydrogens is 292 g/mol. The lowest BCUT2D eigenvalue weighted by Crippen LogP contribution is -2.40. The molecule has 0 bridgehead atoms. The second kappa shape index (κ2) is 7.57. The zero-order chi connectivity index (χ0) is 16.1. The highest BCUT2D eigenvalue weighted by Gasteiger charge is 2.26. The first-order chi connectivity index (χ1) is 11.2. The van der Waals surface area contributed by atoms with Crippen LogP contribution in [0.15, 0.2) is 36.9 Å². The van der Waals surface area contributed by atoms with Crippen molar-refractivity contribution in [3.05, 3.63) is 42.5 Å². The zero-order valence-electron chi connectivity index (χ0n) is 13.5. The van der Waals surface area contributed by atoms with Crippen LogP contribution in [0.25, 0.3) is 0 Å².